The molecular weight excluding hydrogens is 258 g/mol. The van der Waals surface area contributed by atoms with E-state index < -0.39 is 11.9 Å². The van der Waals surface area contributed by atoms with Crippen LogP contribution in [0, 0.1) is 0 Å². The van der Waals surface area contributed by atoms with Crippen LogP contribution in [0.3, 0.4) is 0 Å². The van der Waals surface area contributed by atoms with Gasteiger partial charge in [-0.3, -0.25) is 4.79 Å². The highest BCUT2D eigenvalue weighted by Gasteiger charge is 2.17. The third kappa shape index (κ3) is 2.57. The molecular formula is C10H10ClN5O2. The minimum absolute atomic E-state index is 0.0308. The number of tetrazole rings is 1. The number of aromatic hydroxyl groups is 1. The zero-order chi connectivity index (χ0) is 13.1. The van der Waals surface area contributed by atoms with Gasteiger partial charge in [0.25, 0.3) is 5.91 Å². The van der Waals surface area contributed by atoms with E-state index in [1.165, 1.54) is 18.2 Å². The number of rotatable bonds is 3. The number of phenols is 1. The molecule has 1 aromatic heterocycles. The van der Waals surface area contributed by atoms with Crippen LogP contribution in [0.4, 0.5) is 0 Å². The van der Waals surface area contributed by atoms with Crippen LogP contribution in [-0.4, -0.2) is 31.6 Å². The first-order chi connectivity index (χ1) is 8.58. The van der Waals surface area contributed by atoms with E-state index in [9.17, 15) is 9.90 Å². The van der Waals surface area contributed by atoms with Crippen molar-refractivity contribution in [3.8, 4) is 5.75 Å². The number of amides is 1. The van der Waals surface area contributed by atoms with Crippen molar-refractivity contribution < 1.29 is 9.90 Å². The minimum Gasteiger partial charge on any atom is -0.508 e. The third-order valence-electron chi connectivity index (χ3n) is 2.29. The van der Waals surface area contributed by atoms with Gasteiger partial charge in [-0.05, 0) is 25.1 Å². The highest BCUT2D eigenvalue weighted by atomic mass is 35.5. The lowest BCUT2D eigenvalue weighted by Crippen LogP contribution is -2.27. The van der Waals surface area contributed by atoms with Crippen molar-refractivity contribution in [1.29, 1.82) is 0 Å². The second-order valence-electron chi connectivity index (χ2n) is 3.63. The molecule has 1 atom stereocenters. The van der Waals surface area contributed by atoms with E-state index in [0.29, 0.717) is 5.82 Å². The zero-order valence-corrected chi connectivity index (χ0v) is 10.1. The van der Waals surface area contributed by atoms with Crippen LogP contribution in [-0.2, 0) is 0 Å². The molecule has 0 spiro atoms. The molecule has 1 amide bonds. The Balaban J connectivity index is 2.15. The fraction of sp³-hybridized carbons (Fsp3) is 0.200. The van der Waals surface area contributed by atoms with E-state index in [-0.39, 0.29) is 16.3 Å². The Morgan fingerprint density at radius 3 is 3.00 bits per heavy atom. The summed E-state index contributed by atoms with van der Waals surface area (Å²) < 4.78 is 0. The Labute approximate surface area is 107 Å². The average molecular weight is 268 g/mol. The number of carbonyl (C=O) groups is 1. The normalized spacial score (nSPS) is 12.1. The average Bonchev–Trinajstić information content (AvgIpc) is 2.85. The van der Waals surface area contributed by atoms with E-state index >= 15 is 0 Å². The van der Waals surface area contributed by atoms with Gasteiger partial charge >= 0.3 is 0 Å². The van der Waals surface area contributed by atoms with Crippen LogP contribution in [0.2, 0.25) is 5.02 Å². The second kappa shape index (κ2) is 5.01. The maximum absolute atomic E-state index is 11.9. The van der Waals surface area contributed by atoms with Gasteiger partial charge in [-0.2, -0.15) is 5.21 Å². The SMILES string of the molecule is CC(NC(=O)c1cc(O)ccc1Cl)c1nn[nH]n1. The number of hydrogen-bond donors (Lipinski definition) is 3. The molecule has 0 radical (unpaired) electrons. The topological polar surface area (TPSA) is 104 Å². The van der Waals surface area contributed by atoms with E-state index in [2.05, 4.69) is 25.9 Å². The molecule has 2 aromatic rings. The number of carbonyl (C=O) groups excluding carboxylic acids is 1. The summed E-state index contributed by atoms with van der Waals surface area (Å²) in [4.78, 5) is 11.9. The van der Waals surface area contributed by atoms with Gasteiger partial charge in [-0.25, -0.2) is 0 Å². The Morgan fingerprint density at radius 2 is 2.33 bits per heavy atom. The van der Waals surface area contributed by atoms with Crippen molar-refractivity contribution in [2.24, 2.45) is 0 Å². The molecule has 0 aliphatic rings. The van der Waals surface area contributed by atoms with Gasteiger partial charge in [0.05, 0.1) is 16.6 Å². The first-order valence-corrected chi connectivity index (χ1v) is 5.48. The van der Waals surface area contributed by atoms with Crippen molar-refractivity contribution in [3.05, 3.63) is 34.6 Å². The summed E-state index contributed by atoms with van der Waals surface area (Å²) in [6.07, 6.45) is 0. The summed E-state index contributed by atoms with van der Waals surface area (Å²) in [5.41, 5.74) is 0.187. The molecule has 0 aliphatic carbocycles. The van der Waals surface area contributed by atoms with E-state index in [1.807, 2.05) is 0 Å². The van der Waals surface area contributed by atoms with Gasteiger partial charge in [-0.1, -0.05) is 16.8 Å². The van der Waals surface area contributed by atoms with Crippen molar-refractivity contribution >= 4 is 17.5 Å². The number of H-pyrrole nitrogens is 1. The molecule has 0 saturated carbocycles. The predicted molar refractivity (Wildman–Crippen MR) is 63.2 cm³/mol. The van der Waals surface area contributed by atoms with Gasteiger partial charge in [0.1, 0.15) is 5.75 Å². The lowest BCUT2D eigenvalue weighted by Gasteiger charge is -2.11. The fourth-order valence-electron chi connectivity index (χ4n) is 1.38. The molecule has 1 aromatic carbocycles. The second-order valence-corrected chi connectivity index (χ2v) is 4.04. The van der Waals surface area contributed by atoms with Gasteiger partial charge in [0, 0.05) is 0 Å². The zero-order valence-electron chi connectivity index (χ0n) is 9.38. The number of aromatic nitrogens is 4. The van der Waals surface area contributed by atoms with E-state index in [1.54, 1.807) is 6.92 Å². The number of phenolic OH excluding ortho intramolecular Hbond substituents is 1. The standard InChI is InChI=1S/C10H10ClN5O2/c1-5(9-13-15-16-14-9)12-10(18)7-4-6(17)2-3-8(7)11/h2-5,17H,1H3,(H,12,18)(H,13,14,15,16). The Kier molecular flexibility index (Phi) is 3.42. The Morgan fingerprint density at radius 1 is 1.56 bits per heavy atom. The summed E-state index contributed by atoms with van der Waals surface area (Å²) >= 11 is 5.88. The molecule has 0 bridgehead atoms. The maximum Gasteiger partial charge on any atom is 0.253 e. The molecule has 3 N–H and O–H groups in total. The number of nitrogens with zero attached hydrogens (tertiary/aromatic N) is 3. The molecule has 1 heterocycles. The summed E-state index contributed by atoms with van der Waals surface area (Å²) in [6.45, 7) is 1.71. The number of aromatic amines is 1. The largest absolute Gasteiger partial charge is 0.508 e. The molecule has 0 saturated heterocycles. The number of benzene rings is 1. The number of halogens is 1. The van der Waals surface area contributed by atoms with E-state index in [0.717, 1.165) is 0 Å². The smallest absolute Gasteiger partial charge is 0.253 e. The van der Waals surface area contributed by atoms with Crippen LogP contribution in [0.5, 0.6) is 5.75 Å². The molecule has 2 rings (SSSR count). The van der Waals surface area contributed by atoms with Crippen molar-refractivity contribution in [1.82, 2.24) is 25.9 Å². The van der Waals surface area contributed by atoms with Crippen molar-refractivity contribution in [2.75, 3.05) is 0 Å². The predicted octanol–water partition coefficient (Wildman–Crippen LogP) is 1.05. The highest BCUT2D eigenvalue weighted by Crippen LogP contribution is 2.21. The summed E-state index contributed by atoms with van der Waals surface area (Å²) in [5.74, 6) is -0.0930. The molecule has 7 nitrogen and oxygen atoms in total. The quantitative estimate of drug-likeness (QED) is 0.771. The van der Waals surface area contributed by atoms with Crippen LogP contribution in [0.25, 0.3) is 0 Å². The highest BCUT2D eigenvalue weighted by molar-refractivity contribution is 6.33. The summed E-state index contributed by atoms with van der Waals surface area (Å²) in [5, 5.41) is 25.4. The van der Waals surface area contributed by atoms with Crippen molar-refractivity contribution in [3.63, 3.8) is 0 Å². The molecule has 1 unspecified atom stereocenters. The van der Waals surface area contributed by atoms with Crippen molar-refractivity contribution in [2.45, 2.75) is 13.0 Å². The van der Waals surface area contributed by atoms with Crippen LogP contribution < -0.4 is 5.32 Å². The molecule has 18 heavy (non-hydrogen) atoms. The van der Waals surface area contributed by atoms with Crippen LogP contribution >= 0.6 is 11.6 Å². The number of hydrogen-bond acceptors (Lipinski definition) is 5. The lowest BCUT2D eigenvalue weighted by molar-refractivity contribution is 0.0938. The molecule has 0 aliphatic heterocycles. The van der Waals surface area contributed by atoms with Gasteiger partial charge < -0.3 is 10.4 Å². The maximum atomic E-state index is 11.9. The van der Waals surface area contributed by atoms with Gasteiger partial charge in [-0.15, -0.1) is 10.2 Å². The van der Waals surface area contributed by atoms with E-state index in [4.69, 9.17) is 11.6 Å². The fourth-order valence-corrected chi connectivity index (χ4v) is 1.58. The third-order valence-corrected chi connectivity index (χ3v) is 2.62. The minimum atomic E-state index is -0.423. The summed E-state index contributed by atoms with van der Waals surface area (Å²) in [6, 6.07) is 3.72. The Hall–Kier alpha value is -2.15. The van der Waals surface area contributed by atoms with Gasteiger partial charge in [0.15, 0.2) is 5.82 Å². The molecule has 94 valence electrons. The lowest BCUT2D eigenvalue weighted by atomic mass is 10.2. The first-order valence-electron chi connectivity index (χ1n) is 5.10. The first kappa shape index (κ1) is 12.3. The van der Waals surface area contributed by atoms with Gasteiger partial charge in [0.2, 0.25) is 0 Å². The molecule has 8 heteroatoms. The van der Waals surface area contributed by atoms with Crippen LogP contribution in [0.15, 0.2) is 18.2 Å². The van der Waals surface area contributed by atoms with Crippen LogP contribution in [0.1, 0.15) is 29.1 Å². The Bertz CT molecular complexity index is 557. The summed E-state index contributed by atoms with van der Waals surface area (Å²) in [7, 11) is 0. The monoisotopic (exact) mass is 267 g/mol. The number of nitrogens with one attached hydrogen (secondary N) is 2. The molecule has 0 fully saturated rings.